The van der Waals surface area contributed by atoms with Gasteiger partial charge in [-0.2, -0.15) is 0 Å². The number of nitrogens with one attached hydrogen (secondary N) is 1. The Kier molecular flexibility index (Phi) is 3.93. The van der Waals surface area contributed by atoms with Crippen LogP contribution in [0.2, 0.25) is 0 Å². The fourth-order valence-corrected chi connectivity index (χ4v) is 3.36. The van der Waals surface area contributed by atoms with Crippen molar-refractivity contribution in [2.45, 2.75) is 50.1 Å². The summed E-state index contributed by atoms with van der Waals surface area (Å²) in [5.74, 6) is -1.12. The van der Waals surface area contributed by atoms with Crippen molar-refractivity contribution in [3.8, 4) is 0 Å². The summed E-state index contributed by atoms with van der Waals surface area (Å²) in [6.45, 7) is 0. The van der Waals surface area contributed by atoms with Gasteiger partial charge in [0.15, 0.2) is 0 Å². The Labute approximate surface area is 122 Å². The number of carbonyl (C=O) groups is 1. The maximum absolute atomic E-state index is 13.7. The molecule has 0 saturated heterocycles. The Morgan fingerprint density at radius 2 is 2.00 bits per heavy atom. The van der Waals surface area contributed by atoms with Crippen molar-refractivity contribution in [3.05, 3.63) is 35.4 Å². The zero-order valence-corrected chi connectivity index (χ0v) is 11.8. The number of benzene rings is 1. The minimum atomic E-state index is -0.533. The fourth-order valence-electron chi connectivity index (χ4n) is 3.36. The quantitative estimate of drug-likeness (QED) is 0.896. The van der Waals surface area contributed by atoms with Gasteiger partial charge in [0.05, 0.1) is 0 Å². The van der Waals surface area contributed by atoms with Crippen LogP contribution >= 0.6 is 0 Å². The molecular formula is C16H20F2N2O. The SMILES string of the molecule is N[C@@H]1CCC[C@H]1CC(=O)NC1CC1c1c(F)cccc1F. The first-order valence-corrected chi connectivity index (χ1v) is 7.55. The summed E-state index contributed by atoms with van der Waals surface area (Å²) in [5.41, 5.74) is 6.05. The van der Waals surface area contributed by atoms with Crippen molar-refractivity contribution in [2.24, 2.45) is 11.7 Å². The maximum Gasteiger partial charge on any atom is 0.220 e. The first kappa shape index (κ1) is 14.4. The molecule has 114 valence electrons. The van der Waals surface area contributed by atoms with Crippen LogP contribution in [0, 0.1) is 17.6 Å². The number of carbonyl (C=O) groups excluding carboxylic acids is 1. The molecule has 4 atom stereocenters. The van der Waals surface area contributed by atoms with Crippen LogP contribution in [0.4, 0.5) is 8.78 Å². The van der Waals surface area contributed by atoms with E-state index in [1.165, 1.54) is 18.2 Å². The number of hydrogen-bond donors (Lipinski definition) is 2. The summed E-state index contributed by atoms with van der Waals surface area (Å²) < 4.78 is 27.3. The van der Waals surface area contributed by atoms with Crippen molar-refractivity contribution in [2.75, 3.05) is 0 Å². The van der Waals surface area contributed by atoms with Gasteiger partial charge in [0.1, 0.15) is 11.6 Å². The lowest BCUT2D eigenvalue weighted by Crippen LogP contribution is -2.33. The summed E-state index contributed by atoms with van der Waals surface area (Å²) in [6.07, 6.45) is 4.06. The lowest BCUT2D eigenvalue weighted by Gasteiger charge is -2.14. The van der Waals surface area contributed by atoms with E-state index in [2.05, 4.69) is 5.32 Å². The second kappa shape index (κ2) is 5.72. The van der Waals surface area contributed by atoms with Gasteiger partial charge in [0, 0.05) is 30.0 Å². The van der Waals surface area contributed by atoms with Gasteiger partial charge in [-0.3, -0.25) is 4.79 Å². The van der Waals surface area contributed by atoms with Gasteiger partial charge >= 0.3 is 0 Å². The number of hydrogen-bond acceptors (Lipinski definition) is 2. The molecule has 0 radical (unpaired) electrons. The highest BCUT2D eigenvalue weighted by atomic mass is 19.1. The summed E-state index contributed by atoms with van der Waals surface area (Å²) in [7, 11) is 0. The van der Waals surface area contributed by atoms with Gasteiger partial charge in [0.2, 0.25) is 5.91 Å². The largest absolute Gasteiger partial charge is 0.353 e. The summed E-state index contributed by atoms with van der Waals surface area (Å²) >= 11 is 0. The third-order valence-corrected chi connectivity index (χ3v) is 4.67. The number of amides is 1. The molecule has 2 aliphatic carbocycles. The molecule has 1 aromatic carbocycles. The van der Waals surface area contributed by atoms with Crippen molar-refractivity contribution >= 4 is 5.91 Å². The number of nitrogens with two attached hydrogens (primary N) is 1. The molecule has 1 aromatic rings. The van der Waals surface area contributed by atoms with Crippen LogP contribution in [-0.4, -0.2) is 18.0 Å². The van der Waals surface area contributed by atoms with E-state index in [4.69, 9.17) is 5.73 Å². The Balaban J connectivity index is 1.55. The minimum Gasteiger partial charge on any atom is -0.353 e. The molecule has 2 unspecified atom stereocenters. The molecule has 5 heteroatoms. The van der Waals surface area contributed by atoms with Gasteiger partial charge in [-0.05, 0) is 37.3 Å². The van der Waals surface area contributed by atoms with E-state index < -0.39 is 11.6 Å². The van der Waals surface area contributed by atoms with Crippen LogP contribution in [0.15, 0.2) is 18.2 Å². The van der Waals surface area contributed by atoms with Crippen LogP contribution in [-0.2, 0) is 4.79 Å². The zero-order chi connectivity index (χ0) is 15.0. The van der Waals surface area contributed by atoms with Crippen molar-refractivity contribution in [1.29, 1.82) is 0 Å². The van der Waals surface area contributed by atoms with Crippen LogP contribution in [0.1, 0.15) is 43.6 Å². The van der Waals surface area contributed by atoms with E-state index in [-0.39, 0.29) is 35.4 Å². The molecule has 0 spiro atoms. The highest BCUT2D eigenvalue weighted by Crippen LogP contribution is 2.43. The van der Waals surface area contributed by atoms with E-state index in [1.807, 2.05) is 0 Å². The molecule has 2 fully saturated rings. The Morgan fingerprint density at radius 3 is 2.62 bits per heavy atom. The number of halogens is 2. The van der Waals surface area contributed by atoms with E-state index in [1.54, 1.807) is 0 Å². The van der Waals surface area contributed by atoms with Crippen LogP contribution in [0.5, 0.6) is 0 Å². The fraction of sp³-hybridized carbons (Fsp3) is 0.562. The summed E-state index contributed by atoms with van der Waals surface area (Å²) in [5, 5.41) is 2.88. The third-order valence-electron chi connectivity index (χ3n) is 4.67. The molecule has 2 aliphatic rings. The van der Waals surface area contributed by atoms with Gasteiger partial charge < -0.3 is 11.1 Å². The number of rotatable bonds is 4. The second-order valence-electron chi connectivity index (χ2n) is 6.21. The first-order valence-electron chi connectivity index (χ1n) is 7.55. The smallest absolute Gasteiger partial charge is 0.220 e. The molecule has 0 aromatic heterocycles. The summed E-state index contributed by atoms with van der Waals surface area (Å²) in [4.78, 5) is 12.0. The molecule has 3 N–H and O–H groups in total. The van der Waals surface area contributed by atoms with Gasteiger partial charge in [-0.1, -0.05) is 12.5 Å². The summed E-state index contributed by atoms with van der Waals surface area (Å²) in [6, 6.07) is 3.82. The lowest BCUT2D eigenvalue weighted by molar-refractivity contribution is -0.122. The van der Waals surface area contributed by atoms with Gasteiger partial charge in [-0.15, -0.1) is 0 Å². The predicted octanol–water partition coefficient (Wildman–Crippen LogP) is 2.45. The molecule has 0 aliphatic heterocycles. The molecule has 0 heterocycles. The monoisotopic (exact) mass is 294 g/mol. The van der Waals surface area contributed by atoms with Crippen molar-refractivity contribution < 1.29 is 13.6 Å². The standard InChI is InChI=1S/C16H20F2N2O/c17-11-4-2-5-12(18)16(11)10-8-14(10)20-15(21)7-9-3-1-6-13(9)19/h2,4-5,9-10,13-14H,1,3,6-8,19H2,(H,20,21)/t9-,10?,13+,14?/m0/s1. The third kappa shape index (κ3) is 3.07. The highest BCUT2D eigenvalue weighted by molar-refractivity contribution is 5.77. The normalized spacial score (nSPS) is 31.2. The van der Waals surface area contributed by atoms with E-state index in [0.717, 1.165) is 19.3 Å². The Morgan fingerprint density at radius 1 is 1.29 bits per heavy atom. The van der Waals surface area contributed by atoms with Crippen LogP contribution in [0.25, 0.3) is 0 Å². The molecule has 1 amide bonds. The lowest BCUT2D eigenvalue weighted by atomic mass is 10.00. The second-order valence-corrected chi connectivity index (χ2v) is 6.21. The topological polar surface area (TPSA) is 55.1 Å². The van der Waals surface area contributed by atoms with E-state index in [0.29, 0.717) is 12.8 Å². The highest BCUT2D eigenvalue weighted by Gasteiger charge is 2.43. The van der Waals surface area contributed by atoms with Crippen molar-refractivity contribution in [1.82, 2.24) is 5.32 Å². The van der Waals surface area contributed by atoms with Crippen molar-refractivity contribution in [3.63, 3.8) is 0 Å². The average Bonchev–Trinajstić information content (AvgIpc) is 3.03. The Hall–Kier alpha value is -1.49. The zero-order valence-electron chi connectivity index (χ0n) is 11.8. The molecule has 2 saturated carbocycles. The van der Waals surface area contributed by atoms with Gasteiger partial charge in [-0.25, -0.2) is 8.78 Å². The van der Waals surface area contributed by atoms with E-state index in [9.17, 15) is 13.6 Å². The average molecular weight is 294 g/mol. The van der Waals surface area contributed by atoms with Crippen LogP contribution in [0.3, 0.4) is 0 Å². The Bertz CT molecular complexity index is 529. The molecular weight excluding hydrogens is 274 g/mol. The molecule has 21 heavy (non-hydrogen) atoms. The molecule has 3 nitrogen and oxygen atoms in total. The molecule has 0 bridgehead atoms. The van der Waals surface area contributed by atoms with Crippen LogP contribution < -0.4 is 11.1 Å². The predicted molar refractivity (Wildman–Crippen MR) is 75.6 cm³/mol. The first-order chi connectivity index (χ1) is 10.1. The maximum atomic E-state index is 13.7. The van der Waals surface area contributed by atoms with E-state index >= 15 is 0 Å². The molecule has 3 rings (SSSR count). The minimum absolute atomic E-state index is 0.0541. The van der Waals surface area contributed by atoms with Gasteiger partial charge in [0.25, 0.3) is 0 Å².